The first-order valence-corrected chi connectivity index (χ1v) is 14.3. The molecule has 0 aliphatic carbocycles. The van der Waals surface area contributed by atoms with Crippen molar-refractivity contribution in [2.45, 2.75) is 85.7 Å². The average Bonchev–Trinajstić information content (AvgIpc) is 3.06. The number of sulfone groups is 1. The number of rotatable bonds is 10. The molecule has 2 aromatic rings. The second kappa shape index (κ2) is 10.3. The first kappa shape index (κ1) is 26.9. The van der Waals surface area contributed by atoms with Gasteiger partial charge in [-0.05, 0) is 73.8 Å². The minimum Gasteiger partial charge on any atom is -0.478 e. The molecule has 2 rings (SSSR count). The first-order chi connectivity index (χ1) is 14.7. The number of aryl methyl sites for hydroxylation is 3. The minimum absolute atomic E-state index is 0.101. The highest BCUT2D eigenvalue weighted by Crippen LogP contribution is 2.44. The van der Waals surface area contributed by atoms with Crippen LogP contribution in [0.1, 0.15) is 80.3 Å². The normalized spacial score (nSPS) is 13.9. The van der Waals surface area contributed by atoms with Gasteiger partial charge in [0.25, 0.3) is 0 Å². The predicted octanol–water partition coefficient (Wildman–Crippen LogP) is 6.19. The summed E-state index contributed by atoms with van der Waals surface area (Å²) in [6, 6.07) is 8.44. The Bertz CT molecular complexity index is 1010. The van der Waals surface area contributed by atoms with Gasteiger partial charge in [0.15, 0.2) is 15.8 Å². The van der Waals surface area contributed by atoms with E-state index < -0.39 is 9.84 Å². The maximum absolute atomic E-state index is 11.5. The van der Waals surface area contributed by atoms with Gasteiger partial charge in [-0.25, -0.2) is 8.42 Å². The van der Waals surface area contributed by atoms with Crippen molar-refractivity contribution < 1.29 is 18.3 Å². The lowest BCUT2D eigenvalue weighted by atomic mass is 9.74. The van der Waals surface area contributed by atoms with E-state index in [0.29, 0.717) is 5.75 Å². The largest absolute Gasteiger partial charge is 0.478 e. The fourth-order valence-corrected chi connectivity index (χ4v) is 6.02. The molecule has 4 nitrogen and oxygen atoms in total. The van der Waals surface area contributed by atoms with E-state index in [4.69, 9.17) is 4.74 Å². The first-order valence-electron chi connectivity index (χ1n) is 11.4. The highest BCUT2D eigenvalue weighted by Gasteiger charge is 2.33. The van der Waals surface area contributed by atoms with E-state index >= 15 is 0 Å². The summed E-state index contributed by atoms with van der Waals surface area (Å²) in [6.45, 7) is 14.8. The topological polar surface area (TPSA) is 63.6 Å². The molecule has 0 spiro atoms. The Labute approximate surface area is 199 Å². The van der Waals surface area contributed by atoms with Gasteiger partial charge in [-0.15, -0.1) is 11.3 Å². The van der Waals surface area contributed by atoms with Crippen LogP contribution in [0.5, 0.6) is 5.75 Å². The summed E-state index contributed by atoms with van der Waals surface area (Å²) in [6.07, 6.45) is 4.44. The molecule has 0 fully saturated rings. The number of thiophene rings is 1. The fourth-order valence-electron chi connectivity index (χ4n) is 4.13. The number of ether oxygens (including phenoxy) is 1. The van der Waals surface area contributed by atoms with Crippen molar-refractivity contribution in [3.05, 3.63) is 50.7 Å². The molecule has 180 valence electrons. The summed E-state index contributed by atoms with van der Waals surface area (Å²) in [7, 11) is -3.19. The molecule has 1 heterocycles. The van der Waals surface area contributed by atoms with Crippen molar-refractivity contribution in [2.24, 2.45) is 5.41 Å². The van der Waals surface area contributed by atoms with Gasteiger partial charge in [-0.1, -0.05) is 46.8 Å². The van der Waals surface area contributed by atoms with E-state index in [2.05, 4.69) is 59.7 Å². The molecule has 1 N–H and O–H groups in total. The summed E-state index contributed by atoms with van der Waals surface area (Å²) in [5.74, 6) is 0.299. The highest BCUT2D eigenvalue weighted by atomic mass is 32.2. The van der Waals surface area contributed by atoms with Crippen LogP contribution >= 0.6 is 11.3 Å². The van der Waals surface area contributed by atoms with Crippen molar-refractivity contribution >= 4 is 21.2 Å². The van der Waals surface area contributed by atoms with Crippen molar-refractivity contribution in [3.63, 3.8) is 0 Å². The summed E-state index contributed by atoms with van der Waals surface area (Å²) in [4.78, 5) is 2.70. The van der Waals surface area contributed by atoms with Gasteiger partial charge in [0.2, 0.25) is 0 Å². The van der Waals surface area contributed by atoms with Crippen molar-refractivity contribution in [1.82, 2.24) is 0 Å². The van der Waals surface area contributed by atoms with Crippen LogP contribution in [0.25, 0.3) is 0 Å². The highest BCUT2D eigenvalue weighted by molar-refractivity contribution is 7.90. The van der Waals surface area contributed by atoms with Gasteiger partial charge >= 0.3 is 0 Å². The summed E-state index contributed by atoms with van der Waals surface area (Å²) in [5.41, 5.74) is 3.26. The van der Waals surface area contributed by atoms with E-state index in [1.807, 2.05) is 24.3 Å². The maximum Gasteiger partial charge on any atom is 0.188 e. The summed E-state index contributed by atoms with van der Waals surface area (Å²) >= 11 is 1.87. The molecular formula is C26H40O4S2. The third-order valence-electron chi connectivity index (χ3n) is 6.50. The molecule has 0 bridgehead atoms. The molecule has 0 amide bonds. The lowest BCUT2D eigenvalue weighted by Crippen LogP contribution is -2.26. The monoisotopic (exact) mass is 480 g/mol. The van der Waals surface area contributed by atoms with Gasteiger partial charge in [-0.2, -0.15) is 0 Å². The second-order valence-electron chi connectivity index (χ2n) is 10.1. The summed E-state index contributed by atoms with van der Waals surface area (Å²) in [5, 5.41) is 10.5. The van der Waals surface area contributed by atoms with Crippen molar-refractivity contribution in [3.8, 4) is 5.75 Å². The van der Waals surface area contributed by atoms with Crippen molar-refractivity contribution in [2.75, 3.05) is 12.2 Å². The molecule has 1 atom stereocenters. The Morgan fingerprint density at radius 2 is 1.69 bits per heavy atom. The number of aliphatic hydroxyl groups excluding tert-OH is 1. The molecule has 0 aliphatic heterocycles. The lowest BCUT2D eigenvalue weighted by Gasteiger charge is -2.32. The molecule has 0 saturated heterocycles. The fraction of sp³-hybridized carbons (Fsp3) is 0.615. The van der Waals surface area contributed by atoms with Gasteiger partial charge in [0.05, 0.1) is 6.10 Å². The van der Waals surface area contributed by atoms with Gasteiger partial charge in [0.1, 0.15) is 5.75 Å². The van der Waals surface area contributed by atoms with E-state index in [1.165, 1.54) is 27.1 Å². The number of benzene rings is 1. The van der Waals surface area contributed by atoms with Crippen molar-refractivity contribution in [1.29, 1.82) is 0 Å². The molecular weight excluding hydrogens is 440 g/mol. The Morgan fingerprint density at radius 3 is 2.19 bits per heavy atom. The van der Waals surface area contributed by atoms with E-state index in [1.54, 1.807) is 0 Å². The quantitative estimate of drug-likeness (QED) is 0.440. The standard InChI is InChI=1S/C26H40O4S2/c1-9-26(10-2,20-11-12-21(18(3)15-20)30-17-32(8,28)29)24-16-19(4)22(31-24)13-14-23(27)25(5,6)7/h11-12,15-16,23,27H,9-10,13-14,17H2,1-8H3/t23-/m0/s1. The molecule has 0 unspecified atom stereocenters. The van der Waals surface area contributed by atoms with Gasteiger partial charge < -0.3 is 9.84 Å². The number of hydrogen-bond acceptors (Lipinski definition) is 5. The predicted molar refractivity (Wildman–Crippen MR) is 136 cm³/mol. The summed E-state index contributed by atoms with van der Waals surface area (Å²) < 4.78 is 28.5. The van der Waals surface area contributed by atoms with Crippen LogP contribution in [0.15, 0.2) is 24.3 Å². The molecule has 6 heteroatoms. The van der Waals surface area contributed by atoms with Gasteiger partial charge in [-0.3, -0.25) is 0 Å². The van der Waals surface area contributed by atoms with Crippen LogP contribution < -0.4 is 4.74 Å². The third kappa shape index (κ3) is 6.36. The molecule has 0 radical (unpaired) electrons. The maximum atomic E-state index is 11.5. The average molecular weight is 481 g/mol. The molecule has 32 heavy (non-hydrogen) atoms. The number of aliphatic hydroxyl groups is 1. The SMILES string of the molecule is CCC(CC)(c1ccc(OCS(C)(=O)=O)c(C)c1)c1cc(C)c(CC[C@H](O)C(C)(C)C)s1. The Hall–Kier alpha value is -1.37. The second-order valence-corrected chi connectivity index (χ2v) is 13.3. The Morgan fingerprint density at radius 1 is 1.06 bits per heavy atom. The zero-order valence-electron chi connectivity index (χ0n) is 20.9. The zero-order chi connectivity index (χ0) is 24.3. The van der Waals surface area contributed by atoms with Crippen LogP contribution in [-0.4, -0.2) is 31.8 Å². The van der Waals surface area contributed by atoms with E-state index in [0.717, 1.165) is 31.2 Å². The van der Waals surface area contributed by atoms with Crippen LogP contribution in [0.2, 0.25) is 0 Å². The Balaban J connectivity index is 2.35. The zero-order valence-corrected chi connectivity index (χ0v) is 22.5. The molecule has 1 aromatic carbocycles. The molecule has 0 aliphatic rings. The third-order valence-corrected chi connectivity index (χ3v) is 8.55. The van der Waals surface area contributed by atoms with E-state index in [-0.39, 0.29) is 22.9 Å². The van der Waals surface area contributed by atoms with Crippen LogP contribution in [-0.2, 0) is 21.7 Å². The number of hydrogen-bond donors (Lipinski definition) is 1. The lowest BCUT2D eigenvalue weighted by molar-refractivity contribution is 0.0561. The Kier molecular flexibility index (Phi) is 8.63. The minimum atomic E-state index is -3.19. The van der Waals surface area contributed by atoms with Crippen LogP contribution in [0.4, 0.5) is 0 Å². The van der Waals surface area contributed by atoms with E-state index in [9.17, 15) is 13.5 Å². The van der Waals surface area contributed by atoms with Crippen LogP contribution in [0.3, 0.4) is 0 Å². The smallest absolute Gasteiger partial charge is 0.188 e. The van der Waals surface area contributed by atoms with Gasteiger partial charge in [0, 0.05) is 21.4 Å². The van der Waals surface area contributed by atoms with Crippen LogP contribution in [0, 0.1) is 19.3 Å². The molecule has 1 aromatic heterocycles. The molecule has 0 saturated carbocycles.